The molecular weight excluding hydrogens is 763 g/mol. The topological polar surface area (TPSA) is 38.7 Å². The van der Waals surface area contributed by atoms with Gasteiger partial charge in [-0.25, -0.2) is 15.0 Å². The van der Waals surface area contributed by atoms with Crippen LogP contribution in [-0.4, -0.2) is 15.0 Å². The molecule has 0 atom stereocenters. The predicted octanol–water partition coefficient (Wildman–Crippen LogP) is 14.9. The molecule has 0 fully saturated rings. The summed E-state index contributed by atoms with van der Waals surface area (Å²) in [5.41, 5.74) is 13.8. The van der Waals surface area contributed by atoms with Crippen molar-refractivity contribution in [2.75, 3.05) is 0 Å². The number of hydrogen-bond donors (Lipinski definition) is 0. The van der Waals surface area contributed by atoms with Crippen LogP contribution in [-0.2, 0) is 5.41 Å². The highest BCUT2D eigenvalue weighted by Gasteiger charge is 2.48. The van der Waals surface area contributed by atoms with Crippen LogP contribution in [0.5, 0.6) is 0 Å². The van der Waals surface area contributed by atoms with Gasteiger partial charge < -0.3 is 0 Å². The molecule has 0 saturated heterocycles. The summed E-state index contributed by atoms with van der Waals surface area (Å²) in [6.07, 6.45) is 0. The van der Waals surface area contributed by atoms with Crippen LogP contribution in [0.25, 0.3) is 89.1 Å². The first-order valence-corrected chi connectivity index (χ1v) is 21.5. The van der Waals surface area contributed by atoms with Gasteiger partial charge in [0.2, 0.25) is 0 Å². The number of fused-ring (bicyclic) bond motifs is 5. The Morgan fingerprint density at radius 3 is 1.22 bits per heavy atom. The van der Waals surface area contributed by atoms with E-state index in [9.17, 15) is 0 Å². The Labute approximate surface area is 366 Å². The van der Waals surface area contributed by atoms with E-state index in [4.69, 9.17) is 15.0 Å². The molecule has 0 amide bonds. The van der Waals surface area contributed by atoms with Gasteiger partial charge >= 0.3 is 0 Å². The molecule has 1 aliphatic rings. The maximum atomic E-state index is 5.49. The van der Waals surface area contributed by atoms with Crippen LogP contribution < -0.4 is 0 Å². The van der Waals surface area contributed by atoms with Gasteiger partial charge in [0, 0.05) is 16.7 Å². The SMILES string of the molecule is c1ccc(-c2ccc3c(c2)C(c2ccccc2)(c2ccccc2)c2cc(-c4ccccc4)cc(-c4nc(-c5ccc6ccccc6c5)nc(-c5ccc6ccccc6c5)n4)c2-3)cc1. The van der Waals surface area contributed by atoms with Crippen LogP contribution in [0.15, 0.2) is 237 Å². The number of nitrogens with zero attached hydrogens (tertiary/aromatic N) is 3. The third kappa shape index (κ3) is 6.16. The summed E-state index contributed by atoms with van der Waals surface area (Å²) in [5.74, 6) is 1.88. The van der Waals surface area contributed by atoms with E-state index in [1.165, 1.54) is 44.2 Å². The molecule has 12 rings (SSSR count). The first-order chi connectivity index (χ1) is 31.2. The second-order valence-corrected chi connectivity index (χ2v) is 16.4. The van der Waals surface area contributed by atoms with Gasteiger partial charge in [0.05, 0.1) is 5.41 Å². The van der Waals surface area contributed by atoms with E-state index in [1.54, 1.807) is 0 Å². The molecule has 3 nitrogen and oxygen atoms in total. The second kappa shape index (κ2) is 15.0. The molecule has 0 spiro atoms. The molecule has 0 unspecified atom stereocenters. The Morgan fingerprint density at radius 1 is 0.254 bits per heavy atom. The van der Waals surface area contributed by atoms with Crippen LogP contribution in [0.3, 0.4) is 0 Å². The molecule has 3 heteroatoms. The Kier molecular flexibility index (Phi) is 8.72. The first kappa shape index (κ1) is 36.6. The van der Waals surface area contributed by atoms with Crippen molar-refractivity contribution in [1.82, 2.24) is 15.0 Å². The van der Waals surface area contributed by atoms with Crippen LogP contribution in [0, 0.1) is 0 Å². The molecule has 0 radical (unpaired) electrons. The minimum Gasteiger partial charge on any atom is -0.208 e. The molecular formula is C60H39N3. The van der Waals surface area contributed by atoms with E-state index in [-0.39, 0.29) is 0 Å². The van der Waals surface area contributed by atoms with Crippen molar-refractivity contribution in [3.8, 4) is 67.5 Å². The second-order valence-electron chi connectivity index (χ2n) is 16.4. The van der Waals surface area contributed by atoms with E-state index < -0.39 is 5.41 Å². The Balaban J connectivity index is 1.21. The largest absolute Gasteiger partial charge is 0.208 e. The Hall–Kier alpha value is -8.27. The average Bonchev–Trinajstić information content (AvgIpc) is 3.67. The smallest absolute Gasteiger partial charge is 0.164 e. The molecule has 10 aromatic carbocycles. The molecule has 294 valence electrons. The van der Waals surface area contributed by atoms with Crippen molar-refractivity contribution >= 4 is 21.5 Å². The van der Waals surface area contributed by atoms with E-state index in [2.05, 4.69) is 237 Å². The zero-order valence-corrected chi connectivity index (χ0v) is 34.4. The summed E-state index contributed by atoms with van der Waals surface area (Å²) in [6, 6.07) is 85.0. The van der Waals surface area contributed by atoms with Gasteiger partial charge in [0.1, 0.15) is 0 Å². The molecule has 11 aromatic rings. The van der Waals surface area contributed by atoms with Crippen LogP contribution >= 0.6 is 0 Å². The summed E-state index contributed by atoms with van der Waals surface area (Å²) in [5, 5.41) is 4.61. The van der Waals surface area contributed by atoms with Crippen molar-refractivity contribution < 1.29 is 0 Å². The van der Waals surface area contributed by atoms with Gasteiger partial charge in [-0.2, -0.15) is 0 Å². The highest BCUT2D eigenvalue weighted by atomic mass is 15.0. The van der Waals surface area contributed by atoms with E-state index in [0.717, 1.165) is 49.7 Å². The van der Waals surface area contributed by atoms with Crippen LogP contribution in [0.4, 0.5) is 0 Å². The summed E-state index contributed by atoms with van der Waals surface area (Å²) in [4.78, 5) is 16.3. The Morgan fingerprint density at radius 2 is 0.683 bits per heavy atom. The summed E-state index contributed by atoms with van der Waals surface area (Å²) < 4.78 is 0. The fourth-order valence-corrected chi connectivity index (χ4v) is 9.81. The third-order valence-electron chi connectivity index (χ3n) is 12.8. The van der Waals surface area contributed by atoms with Gasteiger partial charge in [-0.05, 0) is 108 Å². The monoisotopic (exact) mass is 801 g/mol. The lowest BCUT2D eigenvalue weighted by Gasteiger charge is -2.34. The lowest BCUT2D eigenvalue weighted by atomic mass is 9.67. The van der Waals surface area contributed by atoms with Crippen LogP contribution in [0.1, 0.15) is 22.3 Å². The minimum absolute atomic E-state index is 0.625. The zero-order valence-electron chi connectivity index (χ0n) is 34.4. The number of hydrogen-bond acceptors (Lipinski definition) is 3. The van der Waals surface area contributed by atoms with Gasteiger partial charge in [0.15, 0.2) is 17.5 Å². The van der Waals surface area contributed by atoms with Crippen molar-refractivity contribution in [1.29, 1.82) is 0 Å². The number of aromatic nitrogens is 3. The van der Waals surface area contributed by atoms with Gasteiger partial charge in [0.25, 0.3) is 0 Å². The minimum atomic E-state index is -0.674. The lowest BCUT2D eigenvalue weighted by molar-refractivity contribution is 0.769. The molecule has 0 saturated carbocycles. The summed E-state index contributed by atoms with van der Waals surface area (Å²) >= 11 is 0. The molecule has 0 N–H and O–H groups in total. The summed E-state index contributed by atoms with van der Waals surface area (Å²) in [7, 11) is 0. The number of benzene rings is 10. The van der Waals surface area contributed by atoms with Crippen molar-refractivity contribution in [2.45, 2.75) is 5.41 Å². The highest BCUT2D eigenvalue weighted by molar-refractivity contribution is 5.98. The fraction of sp³-hybridized carbons (Fsp3) is 0.0167. The van der Waals surface area contributed by atoms with Crippen molar-refractivity contribution in [3.63, 3.8) is 0 Å². The summed E-state index contributed by atoms with van der Waals surface area (Å²) in [6.45, 7) is 0. The standard InChI is InChI=1S/C60H39N3/c1-5-17-40(18-6-1)46-33-34-52-54(38-46)60(50-25-9-3-10-26-50,51-27-11-4-12-28-51)55-39-49(41-19-7-2-8-20-41)37-53(56(52)55)59-62-57(47-31-29-42-21-13-15-23-44(42)35-47)61-58(63-59)48-32-30-43-22-14-16-24-45(43)36-48/h1-39H. The first-order valence-electron chi connectivity index (χ1n) is 21.5. The molecule has 0 aliphatic heterocycles. The van der Waals surface area contributed by atoms with Gasteiger partial charge in [-0.15, -0.1) is 0 Å². The lowest BCUT2D eigenvalue weighted by Crippen LogP contribution is -2.28. The quantitative estimate of drug-likeness (QED) is 0.161. The molecule has 1 aliphatic carbocycles. The normalized spacial score (nSPS) is 12.6. The van der Waals surface area contributed by atoms with Gasteiger partial charge in [-0.3, -0.25) is 0 Å². The molecule has 1 heterocycles. The highest BCUT2D eigenvalue weighted by Crippen LogP contribution is 2.59. The molecule has 0 bridgehead atoms. The maximum Gasteiger partial charge on any atom is 0.164 e. The van der Waals surface area contributed by atoms with Crippen LogP contribution in [0.2, 0.25) is 0 Å². The van der Waals surface area contributed by atoms with Crippen molar-refractivity contribution in [3.05, 3.63) is 259 Å². The van der Waals surface area contributed by atoms with E-state index in [0.29, 0.717) is 17.5 Å². The Bertz CT molecular complexity index is 3350. The zero-order chi connectivity index (χ0) is 41.7. The van der Waals surface area contributed by atoms with Crippen molar-refractivity contribution in [2.24, 2.45) is 0 Å². The average molecular weight is 802 g/mol. The molecule has 63 heavy (non-hydrogen) atoms. The predicted molar refractivity (Wildman–Crippen MR) is 259 cm³/mol. The fourth-order valence-electron chi connectivity index (χ4n) is 9.81. The number of rotatable bonds is 7. The maximum absolute atomic E-state index is 5.49. The van der Waals surface area contributed by atoms with Gasteiger partial charge in [-0.1, -0.05) is 206 Å². The van der Waals surface area contributed by atoms with E-state index >= 15 is 0 Å². The third-order valence-corrected chi connectivity index (χ3v) is 12.8. The van der Waals surface area contributed by atoms with E-state index in [1.807, 2.05) is 0 Å². The molecule has 1 aromatic heterocycles.